The molecule has 8 atom stereocenters. The second kappa shape index (κ2) is 16.0. The second-order valence-electron chi connectivity index (χ2n) is 14.7. The molecule has 1 heterocycles. The predicted octanol–water partition coefficient (Wildman–Crippen LogP) is 3.78. The Labute approximate surface area is 344 Å². The van der Waals surface area contributed by atoms with Crippen molar-refractivity contribution in [1.29, 1.82) is 0 Å². The lowest BCUT2D eigenvalue weighted by Gasteiger charge is -2.49. The third kappa shape index (κ3) is 8.10. The highest BCUT2D eigenvalue weighted by Gasteiger charge is 2.65. The van der Waals surface area contributed by atoms with E-state index < -0.39 is 136 Å². The Bertz CT molecular complexity index is 2510. The standard InChI is InChI=1S/C43H36O18/c44-23-7-1-19(13-27(23)48)3-11-33(52)58-31-17-43(42(56)57)18-32(39(31)60-34(53)12-4-20-2-8-24(45)28(49)14-20)59-40(54)37-35(21-5-9-25(46)29(50)15-21)36(38(37)41(55)61-43)22-6-10-26(47)30(51)16-22/h1-16,31-32,35-39,44-51H,17-18H2,(H,56,57)/b11-3+,12-4+/t31-,32-,35+,36+,37-,38+,39+,43-/m1/s1. The van der Waals surface area contributed by atoms with E-state index in [2.05, 4.69) is 0 Å². The zero-order valence-electron chi connectivity index (χ0n) is 31.4. The third-order valence-corrected chi connectivity index (χ3v) is 11.0. The highest BCUT2D eigenvalue weighted by atomic mass is 16.6. The monoisotopic (exact) mass is 840 g/mol. The lowest BCUT2D eigenvalue weighted by atomic mass is 9.52. The minimum atomic E-state index is -2.58. The molecular formula is C43H36O18. The molecule has 61 heavy (non-hydrogen) atoms. The summed E-state index contributed by atoms with van der Waals surface area (Å²) in [7, 11) is 0. The summed E-state index contributed by atoms with van der Waals surface area (Å²) in [6, 6.07) is 14.5. The van der Waals surface area contributed by atoms with Gasteiger partial charge in [0.05, 0.1) is 11.8 Å². The molecule has 0 unspecified atom stereocenters. The number of phenols is 8. The van der Waals surface area contributed by atoms with Crippen LogP contribution in [0.1, 0.15) is 46.9 Å². The molecule has 7 rings (SSSR count). The van der Waals surface area contributed by atoms with Gasteiger partial charge in [-0.1, -0.05) is 24.3 Å². The molecule has 3 fully saturated rings. The van der Waals surface area contributed by atoms with Gasteiger partial charge in [-0.15, -0.1) is 0 Å². The normalized spacial score (nSPS) is 25.8. The largest absolute Gasteiger partial charge is 0.504 e. The lowest BCUT2D eigenvalue weighted by molar-refractivity contribution is -0.218. The molecule has 0 amide bonds. The van der Waals surface area contributed by atoms with Crippen LogP contribution in [0.25, 0.3) is 12.2 Å². The van der Waals surface area contributed by atoms with Gasteiger partial charge in [0.1, 0.15) is 12.2 Å². The first kappa shape index (κ1) is 41.3. The minimum absolute atomic E-state index is 0.187. The molecule has 3 aliphatic rings. The van der Waals surface area contributed by atoms with Gasteiger partial charge in [0, 0.05) is 36.8 Å². The van der Waals surface area contributed by atoms with E-state index in [1.165, 1.54) is 36.4 Å². The summed E-state index contributed by atoms with van der Waals surface area (Å²) < 4.78 is 23.1. The van der Waals surface area contributed by atoms with Crippen molar-refractivity contribution >= 4 is 42.0 Å². The first-order chi connectivity index (χ1) is 28.9. The summed E-state index contributed by atoms with van der Waals surface area (Å²) >= 11 is 0. The fourth-order valence-electron chi connectivity index (χ4n) is 8.00. The van der Waals surface area contributed by atoms with Crippen molar-refractivity contribution in [2.24, 2.45) is 11.8 Å². The molecule has 1 saturated heterocycles. The van der Waals surface area contributed by atoms with Gasteiger partial charge < -0.3 is 64.9 Å². The maximum atomic E-state index is 14.4. The van der Waals surface area contributed by atoms with Gasteiger partial charge in [-0.2, -0.15) is 0 Å². The number of fused-ring (bicyclic) bond motifs is 3. The number of rotatable bonds is 9. The number of esters is 4. The summed E-state index contributed by atoms with van der Waals surface area (Å²) in [5.74, 6) is -15.6. The molecule has 1 aliphatic heterocycles. The number of aliphatic carboxylic acids is 1. The predicted molar refractivity (Wildman–Crippen MR) is 205 cm³/mol. The summed E-state index contributed by atoms with van der Waals surface area (Å²) in [6.45, 7) is 0. The number of ether oxygens (including phenoxy) is 4. The fraction of sp³-hybridized carbons (Fsp3) is 0.233. The van der Waals surface area contributed by atoms with Crippen molar-refractivity contribution < 1.29 is 88.9 Å². The quantitative estimate of drug-likeness (QED) is 0.0501. The highest BCUT2D eigenvalue weighted by molar-refractivity contribution is 5.92. The van der Waals surface area contributed by atoms with E-state index >= 15 is 0 Å². The zero-order chi connectivity index (χ0) is 43.9. The molecule has 316 valence electrons. The molecule has 18 nitrogen and oxygen atoms in total. The summed E-state index contributed by atoms with van der Waals surface area (Å²) in [5, 5.41) is 90.7. The SMILES string of the molecule is O=C(/C=C/c1ccc(O)c(O)c1)O[C@H]1[C@H](OC(=O)/C=C/c2ccc(O)c(O)c2)C[C@]2(C(=O)O)C[C@H]1OC(=O)[C@H]1[C@@H](C(=O)O2)[C@@H](c2ccc(O)c(O)c2)[C@@H]1c1ccc(O)c(O)c1. The van der Waals surface area contributed by atoms with E-state index in [4.69, 9.17) is 18.9 Å². The second-order valence-corrected chi connectivity index (χ2v) is 14.7. The Morgan fingerprint density at radius 1 is 0.557 bits per heavy atom. The van der Waals surface area contributed by atoms with Crippen LogP contribution in [0.15, 0.2) is 84.9 Å². The van der Waals surface area contributed by atoms with Gasteiger partial charge in [0.2, 0.25) is 5.60 Å². The van der Waals surface area contributed by atoms with Gasteiger partial charge in [-0.05, 0) is 82.9 Å². The number of benzene rings is 4. The Morgan fingerprint density at radius 2 is 1.00 bits per heavy atom. The molecule has 2 bridgehead atoms. The topological polar surface area (TPSA) is 304 Å². The molecule has 9 N–H and O–H groups in total. The van der Waals surface area contributed by atoms with Gasteiger partial charge in [-0.3, -0.25) is 9.59 Å². The van der Waals surface area contributed by atoms with Crippen LogP contribution in [0, 0.1) is 11.8 Å². The van der Waals surface area contributed by atoms with Crippen LogP contribution in [0.4, 0.5) is 0 Å². The van der Waals surface area contributed by atoms with Crippen LogP contribution in [0.5, 0.6) is 46.0 Å². The van der Waals surface area contributed by atoms with Gasteiger partial charge in [-0.25, -0.2) is 14.4 Å². The molecule has 2 saturated carbocycles. The van der Waals surface area contributed by atoms with E-state index in [9.17, 15) is 69.9 Å². The first-order valence-electron chi connectivity index (χ1n) is 18.5. The summed E-state index contributed by atoms with van der Waals surface area (Å²) in [6.07, 6.45) is -2.83. The maximum Gasteiger partial charge on any atom is 0.348 e. The molecule has 2 aliphatic carbocycles. The minimum Gasteiger partial charge on any atom is -0.504 e. The highest BCUT2D eigenvalue weighted by Crippen LogP contribution is 2.61. The Hall–Kier alpha value is -7.89. The molecule has 0 radical (unpaired) electrons. The number of aromatic hydroxyl groups is 8. The van der Waals surface area contributed by atoms with Crippen molar-refractivity contribution in [3.8, 4) is 46.0 Å². The van der Waals surface area contributed by atoms with Gasteiger partial charge >= 0.3 is 29.8 Å². The number of carbonyl (C=O) groups excluding carboxylic acids is 4. The molecule has 0 aromatic heterocycles. The van der Waals surface area contributed by atoms with E-state index in [1.54, 1.807) is 0 Å². The van der Waals surface area contributed by atoms with Crippen molar-refractivity contribution in [1.82, 2.24) is 0 Å². The molecule has 4 aromatic rings. The summed E-state index contributed by atoms with van der Waals surface area (Å²) in [4.78, 5) is 68.8. The lowest BCUT2D eigenvalue weighted by Crippen LogP contribution is -2.60. The van der Waals surface area contributed by atoms with E-state index in [0.29, 0.717) is 0 Å². The van der Waals surface area contributed by atoms with Gasteiger partial charge in [0.15, 0.2) is 52.1 Å². The Morgan fingerprint density at radius 3 is 1.46 bits per heavy atom. The van der Waals surface area contributed by atoms with Crippen molar-refractivity contribution in [2.75, 3.05) is 0 Å². The first-order valence-corrected chi connectivity index (χ1v) is 18.5. The van der Waals surface area contributed by atoms with Crippen LogP contribution in [-0.4, -0.2) is 99.7 Å². The van der Waals surface area contributed by atoms with Crippen LogP contribution in [-0.2, 0) is 42.9 Å². The smallest absolute Gasteiger partial charge is 0.348 e. The van der Waals surface area contributed by atoms with Crippen LogP contribution < -0.4 is 0 Å². The van der Waals surface area contributed by atoms with Crippen molar-refractivity contribution in [3.63, 3.8) is 0 Å². The van der Waals surface area contributed by atoms with Gasteiger partial charge in [0.25, 0.3) is 0 Å². The van der Waals surface area contributed by atoms with Crippen molar-refractivity contribution in [3.05, 3.63) is 107 Å². The average molecular weight is 841 g/mol. The molecule has 4 aromatic carbocycles. The number of carboxylic acid groups (broad SMARTS) is 1. The van der Waals surface area contributed by atoms with E-state index in [1.807, 2.05) is 0 Å². The number of hydrogen-bond acceptors (Lipinski definition) is 17. The third-order valence-electron chi connectivity index (χ3n) is 11.0. The molecular weight excluding hydrogens is 804 g/mol. The van der Waals surface area contributed by atoms with Crippen molar-refractivity contribution in [2.45, 2.75) is 48.6 Å². The number of phenolic OH excluding ortho intramolecular Hbond substituents is 8. The Kier molecular flexibility index (Phi) is 10.9. The number of carboxylic acids is 1. The zero-order valence-corrected chi connectivity index (χ0v) is 31.4. The maximum absolute atomic E-state index is 14.4. The van der Waals surface area contributed by atoms with Crippen LogP contribution in [0.2, 0.25) is 0 Å². The fourth-order valence-corrected chi connectivity index (χ4v) is 8.00. The summed E-state index contributed by atoms with van der Waals surface area (Å²) in [5.41, 5.74) is -1.75. The van der Waals surface area contributed by atoms with Crippen LogP contribution >= 0.6 is 0 Å². The number of hydrogen-bond donors (Lipinski definition) is 9. The Balaban J connectivity index is 1.28. The molecule has 18 heteroatoms. The van der Waals surface area contributed by atoms with Crippen LogP contribution in [0.3, 0.4) is 0 Å². The number of carbonyl (C=O) groups is 5. The average Bonchev–Trinajstić information content (AvgIpc) is 3.21. The molecule has 0 spiro atoms. The van der Waals surface area contributed by atoms with E-state index in [-0.39, 0.29) is 22.3 Å². The van der Waals surface area contributed by atoms with E-state index in [0.717, 1.165) is 60.7 Å².